The van der Waals surface area contributed by atoms with Gasteiger partial charge in [0.15, 0.2) is 0 Å². The van der Waals surface area contributed by atoms with Crippen molar-refractivity contribution in [1.82, 2.24) is 5.32 Å². The van der Waals surface area contributed by atoms with E-state index in [0.717, 1.165) is 32.2 Å². The van der Waals surface area contributed by atoms with Crippen LogP contribution in [0.25, 0.3) is 0 Å². The van der Waals surface area contributed by atoms with E-state index in [-0.39, 0.29) is 0 Å². The molecule has 108 valence electrons. The van der Waals surface area contributed by atoms with E-state index in [4.69, 9.17) is 5.11 Å². The summed E-state index contributed by atoms with van der Waals surface area (Å²) in [5.41, 5.74) is 2.69. The van der Waals surface area contributed by atoms with Gasteiger partial charge in [0, 0.05) is 31.9 Å². The number of para-hydroxylation sites is 1. The molecule has 0 saturated heterocycles. The molecule has 0 spiro atoms. The van der Waals surface area contributed by atoms with Crippen molar-refractivity contribution in [3.63, 3.8) is 0 Å². The Morgan fingerprint density at radius 3 is 2.58 bits per heavy atom. The Hall–Kier alpha value is -1.06. The third kappa shape index (κ3) is 4.84. The molecule has 0 aliphatic rings. The monoisotopic (exact) mass is 264 g/mol. The smallest absolute Gasteiger partial charge is 0.0431 e. The molecule has 0 fully saturated rings. The molecule has 0 amide bonds. The summed E-state index contributed by atoms with van der Waals surface area (Å²) in [6.07, 6.45) is 4.21. The maximum atomic E-state index is 8.81. The molecule has 2 N–H and O–H groups in total. The van der Waals surface area contributed by atoms with Gasteiger partial charge >= 0.3 is 0 Å². The minimum atomic E-state index is 0.304. The summed E-state index contributed by atoms with van der Waals surface area (Å²) < 4.78 is 0. The number of nitrogens with one attached hydrogen (secondary N) is 1. The predicted octanol–water partition coefficient (Wildman–Crippen LogP) is 2.96. The highest BCUT2D eigenvalue weighted by atomic mass is 16.2. The van der Waals surface area contributed by atoms with Gasteiger partial charge in [0.25, 0.3) is 0 Å². The van der Waals surface area contributed by atoms with Crippen LogP contribution >= 0.6 is 0 Å². The Balaban J connectivity index is 2.70. The van der Waals surface area contributed by atoms with Crippen molar-refractivity contribution in [2.45, 2.75) is 38.6 Å². The number of benzene rings is 1. The quantitative estimate of drug-likeness (QED) is 0.673. The summed E-state index contributed by atoms with van der Waals surface area (Å²) in [6, 6.07) is 9.03. The van der Waals surface area contributed by atoms with Crippen LogP contribution in [0.3, 0.4) is 0 Å². The highest BCUT2D eigenvalue weighted by molar-refractivity contribution is 5.54. The van der Waals surface area contributed by atoms with E-state index >= 15 is 0 Å². The van der Waals surface area contributed by atoms with E-state index in [1.165, 1.54) is 11.3 Å². The largest absolute Gasteiger partial charge is 0.396 e. The number of anilines is 1. The average molecular weight is 264 g/mol. The zero-order chi connectivity index (χ0) is 14.1. The van der Waals surface area contributed by atoms with Crippen LogP contribution < -0.4 is 10.2 Å². The first-order valence-corrected chi connectivity index (χ1v) is 7.32. The summed E-state index contributed by atoms with van der Waals surface area (Å²) in [4.78, 5) is 2.33. The molecule has 1 aromatic rings. The Labute approximate surface area is 117 Å². The van der Waals surface area contributed by atoms with E-state index in [0.29, 0.717) is 12.6 Å². The zero-order valence-corrected chi connectivity index (χ0v) is 12.5. The van der Waals surface area contributed by atoms with Crippen LogP contribution in [0.4, 0.5) is 5.69 Å². The minimum Gasteiger partial charge on any atom is -0.396 e. The normalized spacial score (nSPS) is 12.4. The fraction of sp³-hybridized carbons (Fsp3) is 0.625. The lowest BCUT2D eigenvalue weighted by molar-refractivity contribution is 0.283. The Morgan fingerprint density at radius 1 is 1.21 bits per heavy atom. The number of nitrogens with zero attached hydrogens (tertiary/aromatic N) is 1. The van der Waals surface area contributed by atoms with Crippen molar-refractivity contribution in [2.24, 2.45) is 0 Å². The SMILES string of the molecule is CCC(NC)c1ccccc1N(C)CCCCCO. The van der Waals surface area contributed by atoms with Gasteiger partial charge in [-0.2, -0.15) is 0 Å². The minimum absolute atomic E-state index is 0.304. The molecule has 0 radical (unpaired) electrons. The molecule has 0 heterocycles. The van der Waals surface area contributed by atoms with Crippen molar-refractivity contribution in [3.8, 4) is 0 Å². The van der Waals surface area contributed by atoms with E-state index in [1.54, 1.807) is 0 Å². The number of hydrogen-bond acceptors (Lipinski definition) is 3. The summed E-state index contributed by atoms with van der Waals surface area (Å²) in [6.45, 7) is 3.55. The highest BCUT2D eigenvalue weighted by Crippen LogP contribution is 2.27. The molecule has 3 nitrogen and oxygen atoms in total. The molecule has 19 heavy (non-hydrogen) atoms. The number of aliphatic hydroxyl groups is 1. The Kier molecular flexibility index (Phi) is 7.53. The van der Waals surface area contributed by atoms with Crippen LogP contribution in [0.15, 0.2) is 24.3 Å². The molecule has 1 rings (SSSR count). The molecule has 1 unspecified atom stereocenters. The summed E-state index contributed by atoms with van der Waals surface area (Å²) in [5, 5.41) is 12.2. The first-order chi connectivity index (χ1) is 9.24. The fourth-order valence-electron chi connectivity index (χ4n) is 2.47. The third-order valence-electron chi connectivity index (χ3n) is 3.63. The van der Waals surface area contributed by atoms with Crippen LogP contribution in [-0.4, -0.2) is 32.4 Å². The van der Waals surface area contributed by atoms with Gasteiger partial charge < -0.3 is 15.3 Å². The zero-order valence-electron chi connectivity index (χ0n) is 12.5. The lowest BCUT2D eigenvalue weighted by Crippen LogP contribution is -2.23. The Morgan fingerprint density at radius 2 is 1.95 bits per heavy atom. The summed E-state index contributed by atoms with van der Waals surface area (Å²) in [5.74, 6) is 0. The van der Waals surface area contributed by atoms with Gasteiger partial charge in [-0.25, -0.2) is 0 Å². The van der Waals surface area contributed by atoms with Gasteiger partial charge in [-0.3, -0.25) is 0 Å². The van der Waals surface area contributed by atoms with E-state index in [1.807, 2.05) is 7.05 Å². The molecule has 0 aliphatic carbocycles. The number of hydrogen-bond donors (Lipinski definition) is 2. The number of aliphatic hydroxyl groups excluding tert-OH is 1. The van der Waals surface area contributed by atoms with Gasteiger partial charge in [0.1, 0.15) is 0 Å². The maximum absolute atomic E-state index is 8.81. The molecular weight excluding hydrogens is 236 g/mol. The first-order valence-electron chi connectivity index (χ1n) is 7.32. The van der Waals surface area contributed by atoms with Crippen LogP contribution in [0, 0.1) is 0 Å². The maximum Gasteiger partial charge on any atom is 0.0431 e. The van der Waals surface area contributed by atoms with Gasteiger partial charge in [-0.15, -0.1) is 0 Å². The van der Waals surface area contributed by atoms with Gasteiger partial charge in [0.2, 0.25) is 0 Å². The van der Waals surface area contributed by atoms with Crippen molar-refractivity contribution >= 4 is 5.69 Å². The lowest BCUT2D eigenvalue weighted by atomic mass is 10.0. The average Bonchev–Trinajstić information content (AvgIpc) is 2.45. The second kappa shape index (κ2) is 8.94. The predicted molar refractivity (Wildman–Crippen MR) is 82.7 cm³/mol. The highest BCUT2D eigenvalue weighted by Gasteiger charge is 2.13. The van der Waals surface area contributed by atoms with Crippen molar-refractivity contribution in [1.29, 1.82) is 0 Å². The molecule has 0 aromatic heterocycles. The van der Waals surface area contributed by atoms with Gasteiger partial charge in [-0.05, 0) is 44.4 Å². The van der Waals surface area contributed by atoms with Crippen molar-refractivity contribution < 1.29 is 5.11 Å². The molecular formula is C16H28N2O. The second-order valence-electron chi connectivity index (χ2n) is 5.01. The molecule has 0 bridgehead atoms. The molecule has 3 heteroatoms. The van der Waals surface area contributed by atoms with Crippen LogP contribution in [0.5, 0.6) is 0 Å². The summed E-state index contributed by atoms with van der Waals surface area (Å²) >= 11 is 0. The first kappa shape index (κ1) is 16.0. The fourth-order valence-corrected chi connectivity index (χ4v) is 2.47. The van der Waals surface area contributed by atoms with E-state index < -0.39 is 0 Å². The van der Waals surface area contributed by atoms with Crippen LogP contribution in [0.1, 0.15) is 44.2 Å². The lowest BCUT2D eigenvalue weighted by Gasteiger charge is -2.26. The van der Waals surface area contributed by atoms with E-state index in [9.17, 15) is 0 Å². The number of unbranched alkanes of at least 4 members (excludes halogenated alkanes) is 2. The van der Waals surface area contributed by atoms with Crippen LogP contribution in [0.2, 0.25) is 0 Å². The van der Waals surface area contributed by atoms with E-state index in [2.05, 4.69) is 48.5 Å². The standard InChI is InChI=1S/C16H28N2O/c1-4-15(17-2)14-10-6-7-11-16(14)18(3)12-8-5-9-13-19/h6-7,10-11,15,17,19H,4-5,8-9,12-13H2,1-3H3. The second-order valence-corrected chi connectivity index (χ2v) is 5.01. The van der Waals surface area contributed by atoms with Gasteiger partial charge in [-0.1, -0.05) is 25.1 Å². The molecule has 0 saturated carbocycles. The summed E-state index contributed by atoms with van der Waals surface area (Å²) in [7, 11) is 4.17. The molecule has 0 aliphatic heterocycles. The Bertz CT molecular complexity index is 350. The van der Waals surface area contributed by atoms with Crippen molar-refractivity contribution in [3.05, 3.63) is 29.8 Å². The number of rotatable bonds is 9. The molecule has 1 aromatic carbocycles. The third-order valence-corrected chi connectivity index (χ3v) is 3.63. The molecule has 1 atom stereocenters. The van der Waals surface area contributed by atoms with Gasteiger partial charge in [0.05, 0.1) is 0 Å². The van der Waals surface area contributed by atoms with Crippen LogP contribution in [-0.2, 0) is 0 Å². The van der Waals surface area contributed by atoms with Crippen molar-refractivity contribution in [2.75, 3.05) is 32.1 Å². The topological polar surface area (TPSA) is 35.5 Å².